The Morgan fingerprint density at radius 1 is 1.16 bits per heavy atom. The van der Waals surface area contributed by atoms with Gasteiger partial charge in [-0.1, -0.05) is 39.8 Å². The van der Waals surface area contributed by atoms with Crippen LogP contribution in [0.15, 0.2) is 41.1 Å². The molecule has 10 nitrogen and oxygen atoms in total. The molecule has 4 aromatic rings. The molecule has 4 rings (SSSR count). The largest absolute Gasteiger partial charge is 0.439 e. The summed E-state index contributed by atoms with van der Waals surface area (Å²) in [6.45, 7) is 8.12. The summed E-state index contributed by atoms with van der Waals surface area (Å²) in [5.74, 6) is 0.386. The van der Waals surface area contributed by atoms with Crippen LogP contribution in [0, 0.1) is 0 Å². The third-order valence-corrected chi connectivity index (χ3v) is 4.57. The van der Waals surface area contributed by atoms with E-state index in [1.807, 2.05) is 52.0 Å². The molecule has 31 heavy (non-hydrogen) atoms. The van der Waals surface area contributed by atoms with Gasteiger partial charge in [-0.3, -0.25) is 4.79 Å². The standard InChI is InChI=1S/C19H20N8O2.C2H6/c1-3-11(2)15-18(27-22-8-9-23-27)26-17(20)16(25-15)19(28)21-10-14-24-12-6-4-5-7-13(12)29-14;1-2/h4-9,11H,3,10H2,1-2H3,(H2,20,26)(H,21,28);1-2H3. The van der Waals surface area contributed by atoms with Crippen molar-refractivity contribution in [3.63, 3.8) is 0 Å². The molecule has 0 saturated carbocycles. The van der Waals surface area contributed by atoms with E-state index < -0.39 is 5.91 Å². The van der Waals surface area contributed by atoms with Crippen molar-refractivity contribution in [3.05, 3.63) is 53.9 Å². The molecular formula is C21H26N8O2. The molecular weight excluding hydrogens is 396 g/mol. The number of para-hydroxylation sites is 2. The van der Waals surface area contributed by atoms with Crippen LogP contribution in [0.25, 0.3) is 16.9 Å². The molecule has 1 aromatic carbocycles. The number of carbonyl (C=O) groups excluding carboxylic acids is 1. The van der Waals surface area contributed by atoms with Crippen LogP contribution in [0.5, 0.6) is 0 Å². The normalized spacial score (nSPS) is 11.6. The summed E-state index contributed by atoms with van der Waals surface area (Å²) in [6.07, 6.45) is 3.88. The van der Waals surface area contributed by atoms with Gasteiger partial charge in [-0.25, -0.2) is 15.0 Å². The third-order valence-electron chi connectivity index (χ3n) is 4.57. The van der Waals surface area contributed by atoms with Gasteiger partial charge in [-0.15, -0.1) is 4.80 Å². The minimum atomic E-state index is -0.457. The maximum atomic E-state index is 12.7. The van der Waals surface area contributed by atoms with Crippen molar-refractivity contribution in [2.45, 2.75) is 46.6 Å². The number of nitrogen functional groups attached to an aromatic ring is 1. The van der Waals surface area contributed by atoms with Crippen LogP contribution in [0.3, 0.4) is 0 Å². The average molecular weight is 422 g/mol. The fourth-order valence-corrected chi connectivity index (χ4v) is 2.85. The van der Waals surface area contributed by atoms with Gasteiger partial charge in [0.05, 0.1) is 24.6 Å². The van der Waals surface area contributed by atoms with E-state index in [9.17, 15) is 4.79 Å². The molecule has 1 amide bonds. The number of nitrogens with two attached hydrogens (primary N) is 1. The minimum Gasteiger partial charge on any atom is -0.439 e. The number of amides is 1. The van der Waals surface area contributed by atoms with Gasteiger partial charge in [-0.05, 0) is 18.6 Å². The lowest BCUT2D eigenvalue weighted by atomic mass is 10.0. The van der Waals surface area contributed by atoms with Crippen LogP contribution in [-0.2, 0) is 6.54 Å². The molecule has 0 aliphatic heterocycles. The zero-order valence-corrected chi connectivity index (χ0v) is 18.0. The van der Waals surface area contributed by atoms with Crippen molar-refractivity contribution in [2.75, 3.05) is 5.73 Å². The van der Waals surface area contributed by atoms with Gasteiger partial charge < -0.3 is 15.5 Å². The first kappa shape index (κ1) is 21.9. The second kappa shape index (κ2) is 9.79. The Morgan fingerprint density at radius 2 is 1.87 bits per heavy atom. The van der Waals surface area contributed by atoms with Crippen molar-refractivity contribution in [1.29, 1.82) is 0 Å². The van der Waals surface area contributed by atoms with Crippen LogP contribution in [0.4, 0.5) is 5.82 Å². The summed E-state index contributed by atoms with van der Waals surface area (Å²) < 4.78 is 5.62. The van der Waals surface area contributed by atoms with E-state index in [2.05, 4.69) is 30.5 Å². The van der Waals surface area contributed by atoms with Crippen LogP contribution in [0.1, 0.15) is 62.1 Å². The fourth-order valence-electron chi connectivity index (χ4n) is 2.85. The number of carbonyl (C=O) groups is 1. The Labute approximate surface area is 179 Å². The van der Waals surface area contributed by atoms with E-state index >= 15 is 0 Å². The van der Waals surface area contributed by atoms with Gasteiger partial charge in [0, 0.05) is 5.92 Å². The maximum Gasteiger partial charge on any atom is 0.274 e. The van der Waals surface area contributed by atoms with Crippen LogP contribution in [-0.4, -0.2) is 35.9 Å². The monoisotopic (exact) mass is 422 g/mol. The predicted octanol–water partition coefficient (Wildman–Crippen LogP) is 3.25. The molecule has 0 spiro atoms. The Balaban J connectivity index is 0.00000132. The molecule has 1 unspecified atom stereocenters. The SMILES string of the molecule is CC.CCC(C)c1nc(C(=O)NCc2nc3ccccc3o2)c(N)nc1-n1nccn1. The lowest BCUT2D eigenvalue weighted by Crippen LogP contribution is -2.27. The molecule has 3 aromatic heterocycles. The van der Waals surface area contributed by atoms with Gasteiger partial charge >= 0.3 is 0 Å². The summed E-state index contributed by atoms with van der Waals surface area (Å²) in [6, 6.07) is 7.39. The molecule has 1 atom stereocenters. The Morgan fingerprint density at radius 3 is 2.55 bits per heavy atom. The zero-order chi connectivity index (χ0) is 22.4. The smallest absolute Gasteiger partial charge is 0.274 e. The molecule has 3 N–H and O–H groups in total. The van der Waals surface area contributed by atoms with Crippen molar-refractivity contribution in [3.8, 4) is 5.82 Å². The predicted molar refractivity (Wildman–Crippen MR) is 117 cm³/mol. The zero-order valence-electron chi connectivity index (χ0n) is 18.0. The third kappa shape index (κ3) is 4.68. The van der Waals surface area contributed by atoms with Crippen LogP contribution >= 0.6 is 0 Å². The summed E-state index contributed by atoms with van der Waals surface area (Å²) in [5, 5.41) is 10.9. The number of rotatable bonds is 6. The Bertz CT molecular complexity index is 1120. The molecule has 162 valence electrons. The molecule has 0 fully saturated rings. The maximum absolute atomic E-state index is 12.7. The van der Waals surface area contributed by atoms with E-state index in [1.165, 1.54) is 4.80 Å². The summed E-state index contributed by atoms with van der Waals surface area (Å²) >= 11 is 0. The van der Waals surface area contributed by atoms with Crippen molar-refractivity contribution in [1.82, 2.24) is 35.3 Å². The number of oxazole rings is 1. The van der Waals surface area contributed by atoms with Gasteiger partial charge in [-0.2, -0.15) is 10.2 Å². The number of nitrogens with one attached hydrogen (secondary N) is 1. The number of aromatic nitrogens is 6. The van der Waals surface area contributed by atoms with E-state index in [0.717, 1.165) is 11.9 Å². The summed E-state index contributed by atoms with van der Waals surface area (Å²) in [5.41, 5.74) is 8.06. The highest BCUT2D eigenvalue weighted by Gasteiger charge is 2.22. The van der Waals surface area contributed by atoms with Gasteiger partial charge in [0.1, 0.15) is 5.52 Å². The first-order chi connectivity index (χ1) is 15.1. The molecule has 10 heteroatoms. The number of anilines is 1. The quantitative estimate of drug-likeness (QED) is 0.483. The van der Waals surface area contributed by atoms with E-state index in [4.69, 9.17) is 10.2 Å². The van der Waals surface area contributed by atoms with Crippen LogP contribution < -0.4 is 11.1 Å². The Hall–Kier alpha value is -3.82. The Kier molecular flexibility index (Phi) is 6.91. The van der Waals surface area contributed by atoms with E-state index in [1.54, 1.807) is 12.4 Å². The van der Waals surface area contributed by atoms with E-state index in [-0.39, 0.29) is 24.0 Å². The number of hydrogen-bond acceptors (Lipinski definition) is 8. The molecule has 0 aliphatic rings. The molecule has 3 heterocycles. The molecule has 0 aliphatic carbocycles. The first-order valence-electron chi connectivity index (χ1n) is 10.2. The molecule has 0 bridgehead atoms. The second-order valence-corrected chi connectivity index (χ2v) is 6.55. The van der Waals surface area contributed by atoms with Gasteiger partial charge in [0.25, 0.3) is 5.91 Å². The summed E-state index contributed by atoms with van der Waals surface area (Å²) in [4.78, 5) is 27.3. The highest BCUT2D eigenvalue weighted by molar-refractivity contribution is 5.96. The topological polar surface area (TPSA) is 138 Å². The van der Waals surface area contributed by atoms with Gasteiger partial charge in [0.15, 0.2) is 22.9 Å². The number of fused-ring (bicyclic) bond motifs is 1. The van der Waals surface area contributed by atoms with E-state index in [0.29, 0.717) is 23.0 Å². The highest BCUT2D eigenvalue weighted by atomic mass is 16.3. The number of benzene rings is 1. The molecule has 0 saturated heterocycles. The van der Waals surface area contributed by atoms with Crippen molar-refractivity contribution < 1.29 is 9.21 Å². The van der Waals surface area contributed by atoms with Crippen molar-refractivity contribution in [2.24, 2.45) is 0 Å². The highest BCUT2D eigenvalue weighted by Crippen LogP contribution is 2.24. The fraction of sp³-hybridized carbons (Fsp3) is 0.333. The lowest BCUT2D eigenvalue weighted by molar-refractivity contribution is 0.0943. The average Bonchev–Trinajstić information content (AvgIpc) is 3.48. The first-order valence-corrected chi connectivity index (χ1v) is 10.2. The number of nitrogens with zero attached hydrogens (tertiary/aromatic N) is 6. The van der Waals surface area contributed by atoms with Crippen molar-refractivity contribution >= 4 is 22.8 Å². The summed E-state index contributed by atoms with van der Waals surface area (Å²) in [7, 11) is 0. The minimum absolute atomic E-state index is 0.000539. The second-order valence-electron chi connectivity index (χ2n) is 6.55. The lowest BCUT2D eigenvalue weighted by Gasteiger charge is -2.15. The van der Waals surface area contributed by atoms with Gasteiger partial charge in [0.2, 0.25) is 5.89 Å². The number of hydrogen-bond donors (Lipinski definition) is 2. The molecule has 0 radical (unpaired) electrons. The van der Waals surface area contributed by atoms with Crippen LogP contribution in [0.2, 0.25) is 0 Å².